The van der Waals surface area contributed by atoms with Gasteiger partial charge in [0.15, 0.2) is 0 Å². The molecule has 5 heteroatoms. The number of hydrogen-bond donors (Lipinski definition) is 0. The highest BCUT2D eigenvalue weighted by atomic mass is 16.2. The molecular weight excluding hydrogens is 266 g/mol. The first-order chi connectivity index (χ1) is 10.2. The maximum Gasteiger partial charge on any atom is 0.275 e. The highest BCUT2D eigenvalue weighted by molar-refractivity contribution is 5.81. The van der Waals surface area contributed by atoms with Crippen LogP contribution >= 0.6 is 0 Å². The van der Waals surface area contributed by atoms with E-state index in [2.05, 4.69) is 5.10 Å². The zero-order valence-electron chi connectivity index (χ0n) is 11.9. The Kier molecular flexibility index (Phi) is 3.56. The zero-order chi connectivity index (χ0) is 14.8. The van der Waals surface area contributed by atoms with E-state index in [4.69, 9.17) is 0 Å². The molecule has 1 aliphatic rings. The highest BCUT2D eigenvalue weighted by Gasteiger charge is 2.23. The molecular formula is C16H17N3O2. The molecule has 1 aliphatic heterocycles. The minimum absolute atomic E-state index is 0.0121. The summed E-state index contributed by atoms with van der Waals surface area (Å²) < 4.78 is 1.25. The summed E-state index contributed by atoms with van der Waals surface area (Å²) in [6, 6.07) is 7.40. The van der Waals surface area contributed by atoms with Gasteiger partial charge in [-0.05, 0) is 12.5 Å². The van der Waals surface area contributed by atoms with Crippen LogP contribution in [0.4, 0.5) is 0 Å². The van der Waals surface area contributed by atoms with E-state index >= 15 is 0 Å². The Hall–Kier alpha value is -2.43. The topological polar surface area (TPSA) is 55.2 Å². The molecule has 5 nitrogen and oxygen atoms in total. The van der Waals surface area contributed by atoms with E-state index in [0.29, 0.717) is 11.9 Å². The van der Waals surface area contributed by atoms with Gasteiger partial charge in [0.25, 0.3) is 5.56 Å². The van der Waals surface area contributed by atoms with Crippen LogP contribution < -0.4 is 5.56 Å². The van der Waals surface area contributed by atoms with Crippen LogP contribution in [0, 0.1) is 0 Å². The SMILES string of the molecule is CC[C@@H]1C=CCN1C(=O)Cn1ncc2ccccc2c1=O. The Bertz CT molecular complexity index is 763. The molecule has 21 heavy (non-hydrogen) atoms. The maximum atomic E-state index is 12.4. The smallest absolute Gasteiger partial charge is 0.275 e. The Morgan fingerprint density at radius 1 is 1.38 bits per heavy atom. The van der Waals surface area contributed by atoms with Crippen LogP contribution in [0.2, 0.25) is 0 Å². The van der Waals surface area contributed by atoms with Crippen LogP contribution in [-0.4, -0.2) is 33.2 Å². The third-order valence-corrected chi connectivity index (χ3v) is 3.85. The van der Waals surface area contributed by atoms with E-state index in [-0.39, 0.29) is 24.1 Å². The van der Waals surface area contributed by atoms with Gasteiger partial charge < -0.3 is 4.90 Å². The molecule has 0 N–H and O–H groups in total. The van der Waals surface area contributed by atoms with Gasteiger partial charge in [-0.25, -0.2) is 4.68 Å². The molecule has 1 aromatic heterocycles. The summed E-state index contributed by atoms with van der Waals surface area (Å²) in [5.41, 5.74) is -0.221. The number of fused-ring (bicyclic) bond motifs is 1. The summed E-state index contributed by atoms with van der Waals surface area (Å²) in [6.07, 6.45) is 6.53. The molecule has 0 bridgehead atoms. The van der Waals surface area contributed by atoms with Crippen molar-refractivity contribution in [2.45, 2.75) is 25.9 Å². The van der Waals surface area contributed by atoms with Crippen LogP contribution in [0.5, 0.6) is 0 Å². The number of carbonyl (C=O) groups excluding carboxylic acids is 1. The Morgan fingerprint density at radius 2 is 2.19 bits per heavy atom. The Morgan fingerprint density at radius 3 is 3.00 bits per heavy atom. The minimum Gasteiger partial charge on any atom is -0.331 e. The third-order valence-electron chi connectivity index (χ3n) is 3.85. The normalized spacial score (nSPS) is 17.6. The van der Waals surface area contributed by atoms with Crippen molar-refractivity contribution in [2.24, 2.45) is 0 Å². The molecule has 1 amide bonds. The van der Waals surface area contributed by atoms with Crippen LogP contribution in [0.3, 0.4) is 0 Å². The van der Waals surface area contributed by atoms with Gasteiger partial charge in [-0.2, -0.15) is 5.10 Å². The van der Waals surface area contributed by atoms with Gasteiger partial charge in [-0.1, -0.05) is 37.3 Å². The fourth-order valence-corrected chi connectivity index (χ4v) is 2.67. The number of hydrogen-bond acceptors (Lipinski definition) is 3. The van der Waals surface area contributed by atoms with Crippen molar-refractivity contribution in [3.05, 3.63) is 53.0 Å². The number of amides is 1. The Labute approximate surface area is 122 Å². The van der Waals surface area contributed by atoms with Crippen LogP contribution in [-0.2, 0) is 11.3 Å². The van der Waals surface area contributed by atoms with Crippen LogP contribution in [0.25, 0.3) is 10.8 Å². The fraction of sp³-hybridized carbons (Fsp3) is 0.312. The van der Waals surface area contributed by atoms with E-state index in [9.17, 15) is 9.59 Å². The molecule has 2 aromatic rings. The molecule has 0 aliphatic carbocycles. The third kappa shape index (κ3) is 2.46. The van der Waals surface area contributed by atoms with E-state index < -0.39 is 0 Å². The fourth-order valence-electron chi connectivity index (χ4n) is 2.67. The summed E-state index contributed by atoms with van der Waals surface area (Å²) in [5.74, 6) is -0.0725. The lowest BCUT2D eigenvalue weighted by Gasteiger charge is -2.23. The van der Waals surface area contributed by atoms with Crippen LogP contribution in [0.1, 0.15) is 13.3 Å². The second kappa shape index (κ2) is 5.52. The molecule has 0 saturated heterocycles. The number of aromatic nitrogens is 2. The summed E-state index contributed by atoms with van der Waals surface area (Å²) in [7, 11) is 0. The van der Waals surface area contributed by atoms with Crippen molar-refractivity contribution in [3.8, 4) is 0 Å². The lowest BCUT2D eigenvalue weighted by atomic mass is 10.2. The lowest BCUT2D eigenvalue weighted by molar-refractivity contribution is -0.132. The van der Waals surface area contributed by atoms with Gasteiger partial charge in [0, 0.05) is 11.9 Å². The van der Waals surface area contributed by atoms with Crippen molar-refractivity contribution in [2.75, 3.05) is 6.54 Å². The lowest BCUT2D eigenvalue weighted by Crippen LogP contribution is -2.40. The number of nitrogens with zero attached hydrogens (tertiary/aromatic N) is 3. The second-order valence-electron chi connectivity index (χ2n) is 5.14. The van der Waals surface area contributed by atoms with Crippen molar-refractivity contribution in [1.29, 1.82) is 0 Å². The van der Waals surface area contributed by atoms with Gasteiger partial charge >= 0.3 is 0 Å². The summed E-state index contributed by atoms with van der Waals surface area (Å²) in [4.78, 5) is 26.5. The molecule has 0 spiro atoms. The first-order valence-electron chi connectivity index (χ1n) is 7.11. The second-order valence-corrected chi connectivity index (χ2v) is 5.14. The molecule has 3 rings (SSSR count). The average molecular weight is 283 g/mol. The molecule has 2 heterocycles. The number of carbonyl (C=O) groups is 1. The monoisotopic (exact) mass is 283 g/mol. The largest absolute Gasteiger partial charge is 0.331 e. The molecule has 108 valence electrons. The minimum atomic E-state index is -0.221. The average Bonchev–Trinajstić information content (AvgIpc) is 2.99. The number of benzene rings is 1. The summed E-state index contributed by atoms with van der Waals surface area (Å²) >= 11 is 0. The van der Waals surface area contributed by atoms with Gasteiger partial charge in [0.1, 0.15) is 6.54 Å². The van der Waals surface area contributed by atoms with Gasteiger partial charge in [-0.3, -0.25) is 9.59 Å². The van der Waals surface area contributed by atoms with Crippen molar-refractivity contribution in [1.82, 2.24) is 14.7 Å². The maximum absolute atomic E-state index is 12.4. The zero-order valence-corrected chi connectivity index (χ0v) is 11.9. The van der Waals surface area contributed by atoms with Gasteiger partial charge in [-0.15, -0.1) is 0 Å². The van der Waals surface area contributed by atoms with E-state index in [1.165, 1.54) is 4.68 Å². The van der Waals surface area contributed by atoms with Crippen LogP contribution in [0.15, 0.2) is 47.4 Å². The molecule has 0 radical (unpaired) electrons. The highest BCUT2D eigenvalue weighted by Crippen LogP contribution is 2.13. The standard InChI is InChI=1S/C16H17N3O2/c1-2-13-7-5-9-18(13)15(20)11-19-16(21)14-8-4-3-6-12(14)10-17-19/h3-8,10,13H,2,9,11H2,1H3/t13-/m1/s1. The molecule has 0 unspecified atom stereocenters. The molecule has 1 atom stereocenters. The van der Waals surface area contributed by atoms with Crippen molar-refractivity contribution < 1.29 is 4.79 Å². The Balaban J connectivity index is 1.87. The molecule has 1 aromatic carbocycles. The quantitative estimate of drug-likeness (QED) is 0.804. The summed E-state index contributed by atoms with van der Waals surface area (Å²) in [5, 5.41) is 5.49. The van der Waals surface area contributed by atoms with Crippen molar-refractivity contribution >= 4 is 16.7 Å². The summed E-state index contributed by atoms with van der Waals surface area (Å²) in [6.45, 7) is 2.64. The molecule has 0 saturated carbocycles. The first-order valence-corrected chi connectivity index (χ1v) is 7.11. The predicted molar refractivity (Wildman–Crippen MR) is 80.9 cm³/mol. The molecule has 0 fully saturated rings. The van der Waals surface area contributed by atoms with E-state index in [1.54, 1.807) is 17.2 Å². The van der Waals surface area contributed by atoms with Gasteiger partial charge in [0.2, 0.25) is 5.91 Å². The van der Waals surface area contributed by atoms with Crippen molar-refractivity contribution in [3.63, 3.8) is 0 Å². The first kappa shape index (κ1) is 13.5. The van der Waals surface area contributed by atoms with E-state index in [1.807, 2.05) is 37.3 Å². The van der Waals surface area contributed by atoms with Gasteiger partial charge in [0.05, 0.1) is 17.6 Å². The van der Waals surface area contributed by atoms with E-state index in [0.717, 1.165) is 11.8 Å². The predicted octanol–water partition coefficient (Wildman–Crippen LogP) is 1.57. The number of rotatable bonds is 3.